The Morgan fingerprint density at radius 1 is 1.28 bits per heavy atom. The summed E-state index contributed by atoms with van der Waals surface area (Å²) in [6.45, 7) is 2.46. The van der Waals surface area contributed by atoms with Gasteiger partial charge < -0.3 is 20.8 Å². The summed E-state index contributed by atoms with van der Waals surface area (Å²) in [5, 5.41) is 7.53. The Labute approximate surface area is 147 Å². The Morgan fingerprint density at radius 2 is 2.08 bits per heavy atom. The molecule has 25 heavy (non-hydrogen) atoms. The lowest BCUT2D eigenvalue weighted by molar-refractivity contribution is -0.116. The molecule has 2 aliphatic rings. The molecule has 0 radical (unpaired) electrons. The monoisotopic (exact) mass is 339 g/mol. The highest BCUT2D eigenvalue weighted by Crippen LogP contribution is 2.32. The number of para-hydroxylation sites is 1. The zero-order valence-electron chi connectivity index (χ0n) is 14.6. The third kappa shape index (κ3) is 3.04. The van der Waals surface area contributed by atoms with Gasteiger partial charge in [0.2, 0.25) is 0 Å². The van der Waals surface area contributed by atoms with Gasteiger partial charge in [-0.1, -0.05) is 37.5 Å². The van der Waals surface area contributed by atoms with Crippen molar-refractivity contribution in [3.63, 3.8) is 0 Å². The van der Waals surface area contributed by atoms with Crippen molar-refractivity contribution in [2.24, 2.45) is 5.73 Å². The fourth-order valence-corrected chi connectivity index (χ4v) is 4.06. The standard InChI is InChI=1S/C20H25N3O2/c1-12-10-13-6-5-9-15(19(13)25-12)18(21)17-16(11-22-20(17)24)23-14-7-3-2-4-8-14/h5-6,9-10,14,18,23H,2-4,7-8,11,21H2,1H3,(H,22,24)/t18-/m0/s1. The molecule has 1 aliphatic heterocycles. The van der Waals surface area contributed by atoms with Crippen molar-refractivity contribution in [2.75, 3.05) is 6.54 Å². The SMILES string of the molecule is Cc1cc2cccc([C@H](N)C3=C(NC4CCCCC4)CNC3=O)c2o1. The largest absolute Gasteiger partial charge is 0.461 e. The first-order valence-corrected chi connectivity index (χ1v) is 9.16. The minimum absolute atomic E-state index is 0.0777. The molecule has 5 nitrogen and oxygen atoms in total. The predicted octanol–water partition coefficient (Wildman–Crippen LogP) is 3.05. The molecule has 1 amide bonds. The van der Waals surface area contributed by atoms with Gasteiger partial charge in [-0.15, -0.1) is 0 Å². The number of aryl methyl sites for hydroxylation is 1. The lowest BCUT2D eigenvalue weighted by atomic mass is 9.94. The molecule has 2 aromatic rings. The van der Waals surface area contributed by atoms with Gasteiger partial charge in [0.15, 0.2) is 0 Å². The second-order valence-corrected chi connectivity index (χ2v) is 7.15. The van der Waals surface area contributed by atoms with Crippen LogP contribution in [0, 0.1) is 6.92 Å². The van der Waals surface area contributed by atoms with Gasteiger partial charge in [-0.3, -0.25) is 4.79 Å². The molecule has 5 heteroatoms. The number of hydrogen-bond acceptors (Lipinski definition) is 4. The highest BCUT2D eigenvalue weighted by Gasteiger charge is 2.31. The van der Waals surface area contributed by atoms with Crippen LogP contribution in [0.3, 0.4) is 0 Å². The van der Waals surface area contributed by atoms with Gasteiger partial charge in [-0.05, 0) is 25.8 Å². The lowest BCUT2D eigenvalue weighted by Crippen LogP contribution is -2.33. The molecule has 1 aromatic carbocycles. The first kappa shape index (κ1) is 16.2. The molecular weight excluding hydrogens is 314 g/mol. The molecule has 0 bridgehead atoms. The second kappa shape index (κ2) is 6.56. The molecule has 1 saturated carbocycles. The van der Waals surface area contributed by atoms with Gasteiger partial charge in [0.1, 0.15) is 11.3 Å². The number of nitrogens with one attached hydrogen (secondary N) is 2. The summed E-state index contributed by atoms with van der Waals surface area (Å²) >= 11 is 0. The van der Waals surface area contributed by atoms with Crippen molar-refractivity contribution in [3.8, 4) is 0 Å². The normalized spacial score (nSPS) is 20.2. The number of carbonyl (C=O) groups is 1. The number of nitrogens with two attached hydrogens (primary N) is 1. The number of furan rings is 1. The molecular formula is C20H25N3O2. The summed E-state index contributed by atoms with van der Waals surface area (Å²) in [6, 6.07) is 7.87. The minimum atomic E-state index is -0.497. The maximum absolute atomic E-state index is 12.5. The average Bonchev–Trinajstić information content (AvgIpc) is 3.16. The third-order valence-corrected chi connectivity index (χ3v) is 5.32. The van der Waals surface area contributed by atoms with E-state index >= 15 is 0 Å². The topological polar surface area (TPSA) is 80.3 Å². The molecule has 1 atom stereocenters. The maximum atomic E-state index is 12.5. The molecule has 0 unspecified atom stereocenters. The summed E-state index contributed by atoms with van der Waals surface area (Å²) in [6.07, 6.45) is 6.12. The first-order valence-electron chi connectivity index (χ1n) is 9.16. The fourth-order valence-electron chi connectivity index (χ4n) is 4.06. The average molecular weight is 339 g/mol. The van der Waals surface area contributed by atoms with Crippen LogP contribution >= 0.6 is 0 Å². The van der Waals surface area contributed by atoms with E-state index in [0.717, 1.165) is 40.8 Å². The minimum Gasteiger partial charge on any atom is -0.461 e. The molecule has 1 aliphatic carbocycles. The summed E-state index contributed by atoms with van der Waals surface area (Å²) in [5.74, 6) is 0.770. The molecule has 0 spiro atoms. The number of carbonyl (C=O) groups excluding carboxylic acids is 1. The van der Waals surface area contributed by atoms with Gasteiger partial charge >= 0.3 is 0 Å². The molecule has 0 saturated heterocycles. The van der Waals surface area contributed by atoms with Gasteiger partial charge in [-0.25, -0.2) is 0 Å². The van der Waals surface area contributed by atoms with Crippen LogP contribution in [-0.4, -0.2) is 18.5 Å². The van der Waals surface area contributed by atoms with Crippen LogP contribution in [0.1, 0.15) is 49.5 Å². The molecule has 1 aromatic heterocycles. The maximum Gasteiger partial charge on any atom is 0.251 e. The number of rotatable bonds is 4. The van der Waals surface area contributed by atoms with E-state index in [9.17, 15) is 4.79 Å². The summed E-state index contributed by atoms with van der Waals surface area (Å²) < 4.78 is 5.85. The lowest BCUT2D eigenvalue weighted by Gasteiger charge is -2.25. The van der Waals surface area contributed by atoms with E-state index in [4.69, 9.17) is 10.2 Å². The van der Waals surface area contributed by atoms with E-state index in [2.05, 4.69) is 10.6 Å². The van der Waals surface area contributed by atoms with Crippen molar-refractivity contribution in [1.82, 2.24) is 10.6 Å². The highest BCUT2D eigenvalue weighted by atomic mass is 16.3. The van der Waals surface area contributed by atoms with Gasteiger partial charge in [0.05, 0.1) is 18.2 Å². The van der Waals surface area contributed by atoms with Gasteiger partial charge in [0.25, 0.3) is 5.91 Å². The van der Waals surface area contributed by atoms with Crippen LogP contribution in [0.2, 0.25) is 0 Å². The van der Waals surface area contributed by atoms with Crippen molar-refractivity contribution < 1.29 is 9.21 Å². The van der Waals surface area contributed by atoms with Crippen molar-refractivity contribution >= 4 is 16.9 Å². The van der Waals surface area contributed by atoms with E-state index < -0.39 is 6.04 Å². The Morgan fingerprint density at radius 3 is 2.88 bits per heavy atom. The summed E-state index contributed by atoms with van der Waals surface area (Å²) in [4.78, 5) is 12.5. The van der Waals surface area contributed by atoms with Crippen molar-refractivity contribution in [3.05, 3.63) is 46.9 Å². The van der Waals surface area contributed by atoms with Crippen LogP contribution < -0.4 is 16.4 Å². The Kier molecular flexibility index (Phi) is 4.25. The second-order valence-electron chi connectivity index (χ2n) is 7.15. The molecule has 4 rings (SSSR count). The molecule has 132 valence electrons. The van der Waals surface area contributed by atoms with Gasteiger partial charge in [0, 0.05) is 22.7 Å². The van der Waals surface area contributed by atoms with E-state index in [0.29, 0.717) is 18.2 Å². The van der Waals surface area contributed by atoms with Crippen LogP contribution in [0.5, 0.6) is 0 Å². The smallest absolute Gasteiger partial charge is 0.251 e. The Bertz CT molecular complexity index is 831. The van der Waals surface area contributed by atoms with Crippen molar-refractivity contribution in [2.45, 2.75) is 51.1 Å². The van der Waals surface area contributed by atoms with E-state index in [1.54, 1.807) is 0 Å². The molecule has 4 N–H and O–H groups in total. The third-order valence-electron chi connectivity index (χ3n) is 5.32. The van der Waals surface area contributed by atoms with Crippen molar-refractivity contribution in [1.29, 1.82) is 0 Å². The number of hydrogen-bond donors (Lipinski definition) is 3. The van der Waals surface area contributed by atoms with Crippen LogP contribution in [-0.2, 0) is 4.79 Å². The molecule has 2 heterocycles. The summed E-state index contributed by atoms with van der Waals surface area (Å²) in [7, 11) is 0. The zero-order valence-corrected chi connectivity index (χ0v) is 14.6. The summed E-state index contributed by atoms with van der Waals surface area (Å²) in [5.41, 5.74) is 9.77. The fraction of sp³-hybridized carbons (Fsp3) is 0.450. The predicted molar refractivity (Wildman–Crippen MR) is 97.9 cm³/mol. The quantitative estimate of drug-likeness (QED) is 0.800. The number of benzene rings is 1. The number of amides is 1. The van der Waals surface area contributed by atoms with Crippen LogP contribution in [0.25, 0.3) is 11.0 Å². The Hall–Kier alpha value is -2.27. The zero-order chi connectivity index (χ0) is 17.4. The Balaban J connectivity index is 1.68. The highest BCUT2D eigenvalue weighted by molar-refractivity contribution is 5.99. The van der Waals surface area contributed by atoms with E-state index in [1.165, 1.54) is 19.3 Å². The molecule has 1 fully saturated rings. The first-order chi connectivity index (χ1) is 12.1. The number of fused-ring (bicyclic) bond motifs is 1. The van der Waals surface area contributed by atoms with Gasteiger partial charge in [-0.2, -0.15) is 0 Å². The van der Waals surface area contributed by atoms with Crippen LogP contribution in [0.15, 0.2) is 40.0 Å². The van der Waals surface area contributed by atoms with E-state index in [-0.39, 0.29) is 5.91 Å². The van der Waals surface area contributed by atoms with Crippen LogP contribution in [0.4, 0.5) is 0 Å². The van der Waals surface area contributed by atoms with E-state index in [1.807, 2.05) is 31.2 Å².